The number of aliphatic hydroxyl groups excluding tert-OH is 2. The van der Waals surface area contributed by atoms with Crippen LogP contribution in [0.1, 0.15) is 6.23 Å². The summed E-state index contributed by atoms with van der Waals surface area (Å²) in [5, 5.41) is 20.3. The van der Waals surface area contributed by atoms with Crippen LogP contribution in [-0.2, 0) is 31.6 Å². The van der Waals surface area contributed by atoms with Crippen LogP contribution in [0.5, 0.6) is 0 Å². The molecule has 0 aromatic carbocycles. The third-order valence-electron chi connectivity index (χ3n) is 3.67. The Balaban J connectivity index is 1.67. The molecule has 2 unspecified atom stereocenters. The first-order valence-electron chi connectivity index (χ1n) is 7.70. The molecule has 0 aliphatic carbocycles. The van der Waals surface area contributed by atoms with Crippen molar-refractivity contribution in [1.29, 1.82) is 0 Å². The molecular weight excluding hydrogens is 477 g/mol. The maximum Gasteiger partial charge on any atom is 0.490 e. The fraction of sp³-hybridized carbons (Fsp3) is 0.500. The molecule has 6 N–H and O–H groups in total. The van der Waals surface area contributed by atoms with Crippen molar-refractivity contribution in [1.82, 2.24) is 19.5 Å². The van der Waals surface area contributed by atoms with E-state index in [0.29, 0.717) is 5.52 Å². The predicted molar refractivity (Wildman–Crippen MR) is 91.1 cm³/mol. The summed E-state index contributed by atoms with van der Waals surface area (Å²) in [5.41, 5.74) is 0.620. The summed E-state index contributed by atoms with van der Waals surface area (Å²) >= 11 is 0. The Morgan fingerprint density at radius 2 is 1.73 bits per heavy atom. The van der Waals surface area contributed by atoms with Crippen molar-refractivity contribution in [3.8, 4) is 0 Å². The van der Waals surface area contributed by atoms with Gasteiger partial charge in [0, 0.05) is 0 Å². The number of phosphoric acid groups is 3. The van der Waals surface area contributed by atoms with Gasteiger partial charge in [-0.1, -0.05) is 0 Å². The third-order valence-corrected chi connectivity index (χ3v) is 7.47. The van der Waals surface area contributed by atoms with Crippen molar-refractivity contribution in [3.05, 3.63) is 18.9 Å². The lowest BCUT2D eigenvalue weighted by atomic mass is 10.1. The topological polar surface area (TPSA) is 253 Å². The van der Waals surface area contributed by atoms with Crippen LogP contribution in [0.25, 0.3) is 11.2 Å². The number of fused-ring (bicyclic) bond motifs is 1. The highest BCUT2D eigenvalue weighted by molar-refractivity contribution is 7.66. The first kappa shape index (κ1) is 23.5. The number of aliphatic hydroxyl groups is 2. The van der Waals surface area contributed by atoms with E-state index in [-0.39, 0.29) is 5.65 Å². The highest BCUT2D eigenvalue weighted by Gasteiger charge is 2.46. The van der Waals surface area contributed by atoms with Gasteiger partial charge in [0.05, 0.1) is 19.1 Å². The van der Waals surface area contributed by atoms with E-state index in [1.807, 2.05) is 0 Å². The predicted octanol–water partition coefficient (Wildman–Crippen LogP) is -1.21. The Labute approximate surface area is 166 Å². The number of hydrogen-bond acceptors (Lipinski definition) is 12. The molecule has 2 aromatic rings. The number of nitrogens with zero attached hydrogens (tertiary/aromatic N) is 4. The van der Waals surface area contributed by atoms with E-state index >= 15 is 0 Å². The van der Waals surface area contributed by atoms with Gasteiger partial charge in [-0.05, 0) is 0 Å². The van der Waals surface area contributed by atoms with Crippen molar-refractivity contribution in [2.24, 2.45) is 0 Å². The van der Waals surface area contributed by atoms with Gasteiger partial charge in [0.2, 0.25) is 0 Å². The van der Waals surface area contributed by atoms with Crippen LogP contribution in [0.4, 0.5) is 0 Å². The first-order chi connectivity index (χ1) is 13.8. The molecule has 3 rings (SSSR count). The minimum atomic E-state index is -5.68. The van der Waals surface area contributed by atoms with Crippen LogP contribution >= 0.6 is 23.5 Å². The molecule has 1 aliphatic rings. The molecule has 0 bridgehead atoms. The molecule has 1 saturated heterocycles. The van der Waals surface area contributed by atoms with E-state index in [2.05, 4.69) is 28.1 Å². The number of hydrogen-bond donors (Lipinski definition) is 6. The molecule has 0 amide bonds. The number of ether oxygens (including phenoxy) is 1. The standard InChI is InChI=1S/C10H15N4O13P3/c15-7-6(2-24-29(20,21)27-30(22,23)26-28(17,18)19)25-10(8(7)16)14-4-13-5-1-11-3-12-9(5)14/h1,3-4,6-8,10,15-16H,2H2,(H,20,21)(H,22,23)(H2,17,18,19)/t6-,7-,8-,10-/m1/s1. The van der Waals surface area contributed by atoms with Gasteiger partial charge in [0.25, 0.3) is 0 Å². The van der Waals surface area contributed by atoms with Crippen molar-refractivity contribution in [2.75, 3.05) is 6.61 Å². The number of rotatable bonds is 8. The van der Waals surface area contributed by atoms with Crippen LogP contribution in [0.15, 0.2) is 18.9 Å². The van der Waals surface area contributed by atoms with Crippen LogP contribution < -0.4 is 0 Å². The van der Waals surface area contributed by atoms with E-state index in [9.17, 15) is 28.8 Å². The van der Waals surface area contributed by atoms with Crippen LogP contribution in [-0.4, -0.2) is 74.2 Å². The Morgan fingerprint density at radius 3 is 2.40 bits per heavy atom. The Hall–Kier alpha value is -1.16. The van der Waals surface area contributed by atoms with Gasteiger partial charge in [-0.25, -0.2) is 28.6 Å². The van der Waals surface area contributed by atoms with Gasteiger partial charge < -0.3 is 34.5 Å². The molecule has 20 heteroatoms. The summed E-state index contributed by atoms with van der Waals surface area (Å²) in [7, 11) is -16.6. The number of aromatic nitrogens is 4. The molecule has 30 heavy (non-hydrogen) atoms. The Kier molecular flexibility index (Phi) is 6.59. The van der Waals surface area contributed by atoms with Crippen LogP contribution in [0.2, 0.25) is 0 Å². The molecule has 0 radical (unpaired) electrons. The summed E-state index contributed by atoms with van der Waals surface area (Å²) in [6.07, 6.45) is -1.98. The molecular formula is C10H15N4O13P3. The van der Waals surface area contributed by atoms with E-state index in [0.717, 1.165) is 0 Å². The zero-order valence-corrected chi connectivity index (χ0v) is 17.1. The molecule has 17 nitrogen and oxygen atoms in total. The van der Waals surface area contributed by atoms with Crippen LogP contribution in [0.3, 0.4) is 0 Å². The van der Waals surface area contributed by atoms with Crippen molar-refractivity contribution in [3.63, 3.8) is 0 Å². The SMILES string of the molecule is O=P(O)(O)OP(=O)(O)OP(=O)(O)OC[C@H]1O[C@@H](n2cnc3cncnc32)[C@H](O)[C@@H]1O. The van der Waals surface area contributed by atoms with E-state index in [1.54, 1.807) is 0 Å². The summed E-state index contributed by atoms with van der Waals surface area (Å²) in [6, 6.07) is 0. The summed E-state index contributed by atoms with van der Waals surface area (Å²) in [6.45, 7) is -0.931. The average Bonchev–Trinajstić information content (AvgIpc) is 3.12. The fourth-order valence-corrected chi connectivity index (χ4v) is 5.57. The second-order valence-corrected chi connectivity index (χ2v) is 10.2. The normalized spacial score (nSPS) is 29.0. The third kappa shape index (κ3) is 5.55. The summed E-state index contributed by atoms with van der Waals surface area (Å²) in [5.74, 6) is 0. The Bertz CT molecular complexity index is 1060. The van der Waals surface area contributed by atoms with Crippen LogP contribution in [0, 0.1) is 0 Å². The average molecular weight is 492 g/mol. The smallest absolute Gasteiger partial charge is 0.387 e. The summed E-state index contributed by atoms with van der Waals surface area (Å²) < 4.78 is 51.9. The quantitative estimate of drug-likeness (QED) is 0.236. The van der Waals surface area contributed by atoms with Crippen molar-refractivity contribution >= 4 is 34.6 Å². The van der Waals surface area contributed by atoms with Gasteiger partial charge in [0.15, 0.2) is 11.9 Å². The van der Waals surface area contributed by atoms with Crippen molar-refractivity contribution in [2.45, 2.75) is 24.5 Å². The molecule has 168 valence electrons. The molecule has 3 heterocycles. The number of imidazole rings is 1. The Morgan fingerprint density at radius 1 is 1.03 bits per heavy atom. The van der Waals surface area contributed by atoms with E-state index in [4.69, 9.17) is 19.4 Å². The largest absolute Gasteiger partial charge is 0.490 e. The molecule has 2 aromatic heterocycles. The van der Waals surface area contributed by atoms with Gasteiger partial charge in [-0.2, -0.15) is 8.62 Å². The zero-order chi connectivity index (χ0) is 22.3. The summed E-state index contributed by atoms with van der Waals surface area (Å²) in [4.78, 5) is 47.3. The minimum Gasteiger partial charge on any atom is -0.387 e. The maximum absolute atomic E-state index is 11.8. The first-order valence-corrected chi connectivity index (χ1v) is 12.2. The molecule has 1 fully saturated rings. The lowest BCUT2D eigenvalue weighted by molar-refractivity contribution is -0.0503. The van der Waals surface area contributed by atoms with Gasteiger partial charge in [0.1, 0.15) is 30.2 Å². The van der Waals surface area contributed by atoms with Gasteiger partial charge >= 0.3 is 23.5 Å². The molecule has 6 atom stereocenters. The zero-order valence-electron chi connectivity index (χ0n) is 14.4. The minimum absolute atomic E-state index is 0.259. The molecule has 0 saturated carbocycles. The second-order valence-electron chi connectivity index (χ2n) is 5.82. The monoisotopic (exact) mass is 492 g/mol. The van der Waals surface area contributed by atoms with E-state index < -0.39 is 54.6 Å². The highest BCUT2D eigenvalue weighted by atomic mass is 31.3. The highest BCUT2D eigenvalue weighted by Crippen LogP contribution is 2.66. The lowest BCUT2D eigenvalue weighted by Gasteiger charge is -2.19. The lowest BCUT2D eigenvalue weighted by Crippen LogP contribution is -2.33. The second kappa shape index (κ2) is 8.41. The fourth-order valence-electron chi connectivity index (χ4n) is 2.54. The molecule has 1 aliphatic heterocycles. The van der Waals surface area contributed by atoms with Crippen molar-refractivity contribution < 1.29 is 61.4 Å². The number of phosphoric ester groups is 1. The van der Waals surface area contributed by atoms with Gasteiger partial charge in [-0.15, -0.1) is 0 Å². The molecule has 0 spiro atoms. The van der Waals surface area contributed by atoms with Gasteiger partial charge in [-0.3, -0.25) is 9.09 Å². The maximum atomic E-state index is 11.8. The van der Waals surface area contributed by atoms with E-state index in [1.165, 1.54) is 23.4 Å².